The van der Waals surface area contributed by atoms with Crippen LogP contribution in [0.3, 0.4) is 0 Å². The van der Waals surface area contributed by atoms with Crippen LogP contribution in [0.5, 0.6) is 5.88 Å². The fraction of sp³-hybridized carbons (Fsp3) is 0.684. The topological polar surface area (TPSA) is 162 Å². The second-order valence-corrected chi connectivity index (χ2v) is 10.2. The van der Waals surface area contributed by atoms with E-state index in [0.29, 0.717) is 6.61 Å². The second-order valence-electron chi connectivity index (χ2n) is 8.48. The molecule has 2 saturated heterocycles. The first-order valence-corrected chi connectivity index (χ1v) is 12.4. The Morgan fingerprint density at radius 3 is 2.85 bits per heavy atom. The zero-order chi connectivity index (χ0) is 24.8. The maximum Gasteiger partial charge on any atom is 0.406 e. The summed E-state index contributed by atoms with van der Waals surface area (Å²) >= 11 is 0. The molecule has 2 aliphatic heterocycles. The Labute approximate surface area is 195 Å². The van der Waals surface area contributed by atoms with E-state index in [0.717, 1.165) is 0 Å². The summed E-state index contributed by atoms with van der Waals surface area (Å²) in [5.74, 6) is -0.560. The Balaban J connectivity index is 1.58. The zero-order valence-corrected chi connectivity index (χ0v) is 20.3. The van der Waals surface area contributed by atoms with Gasteiger partial charge in [-0.2, -0.15) is 9.97 Å². The molecule has 2 aromatic rings. The Morgan fingerprint density at radius 2 is 2.18 bits per heavy atom. The van der Waals surface area contributed by atoms with Crippen molar-refractivity contribution in [1.29, 1.82) is 0 Å². The Kier molecular flexibility index (Phi) is 6.55. The summed E-state index contributed by atoms with van der Waals surface area (Å²) in [4.78, 5) is 24.5. The van der Waals surface area contributed by atoms with Gasteiger partial charge in [0.15, 0.2) is 23.1 Å². The van der Waals surface area contributed by atoms with Crippen LogP contribution in [0.4, 0.5) is 10.3 Å². The summed E-state index contributed by atoms with van der Waals surface area (Å²) in [6, 6.07) is -1.01. The Morgan fingerprint density at radius 1 is 1.44 bits per heavy atom. The van der Waals surface area contributed by atoms with E-state index in [1.807, 2.05) is 0 Å². The van der Waals surface area contributed by atoms with Crippen LogP contribution in [0.15, 0.2) is 6.33 Å². The number of carbonyl (C=O) groups excluding carboxylic acids is 1. The van der Waals surface area contributed by atoms with Gasteiger partial charge in [-0.15, -0.1) is 0 Å². The van der Waals surface area contributed by atoms with Gasteiger partial charge in [-0.3, -0.25) is 18.4 Å². The van der Waals surface area contributed by atoms with Gasteiger partial charge in [-0.1, -0.05) is 0 Å². The van der Waals surface area contributed by atoms with Crippen molar-refractivity contribution in [3.8, 4) is 5.88 Å². The molecule has 188 valence electrons. The van der Waals surface area contributed by atoms with Gasteiger partial charge in [-0.05, 0) is 34.6 Å². The number of rotatable bonds is 7. The van der Waals surface area contributed by atoms with Crippen LogP contribution in [-0.4, -0.2) is 68.7 Å². The minimum Gasteiger partial charge on any atom is -0.476 e. The molecule has 34 heavy (non-hydrogen) atoms. The van der Waals surface area contributed by atoms with Crippen LogP contribution in [0.25, 0.3) is 11.2 Å². The molecular weight excluding hydrogens is 474 g/mol. The van der Waals surface area contributed by atoms with E-state index in [9.17, 15) is 9.36 Å². The highest BCUT2D eigenvalue weighted by Gasteiger charge is 2.61. The van der Waals surface area contributed by atoms with Crippen molar-refractivity contribution in [3.05, 3.63) is 6.33 Å². The number of ether oxygens (including phenoxy) is 3. The van der Waals surface area contributed by atoms with Gasteiger partial charge in [0, 0.05) is 0 Å². The average Bonchev–Trinajstić information content (AvgIpc) is 3.25. The first kappa shape index (κ1) is 24.7. The van der Waals surface area contributed by atoms with Crippen LogP contribution in [0.1, 0.15) is 40.8 Å². The van der Waals surface area contributed by atoms with E-state index < -0.39 is 43.9 Å². The maximum absolute atomic E-state index is 16.2. The summed E-state index contributed by atoms with van der Waals surface area (Å²) in [6.07, 6.45) is -2.44. The number of nitrogens with zero attached hydrogens (tertiary/aromatic N) is 4. The number of aromatic nitrogens is 4. The first-order valence-electron chi connectivity index (χ1n) is 10.8. The van der Waals surface area contributed by atoms with Crippen LogP contribution in [-0.2, 0) is 27.9 Å². The van der Waals surface area contributed by atoms with Crippen LogP contribution in [0.2, 0.25) is 0 Å². The number of nitrogens with one attached hydrogen (secondary N) is 1. The highest BCUT2D eigenvalue weighted by atomic mass is 31.2. The van der Waals surface area contributed by atoms with Gasteiger partial charge in [0.05, 0.1) is 25.6 Å². The molecule has 13 nitrogen and oxygen atoms in total. The van der Waals surface area contributed by atoms with Crippen molar-refractivity contribution in [1.82, 2.24) is 24.6 Å². The Bertz CT molecular complexity index is 1130. The number of alkyl halides is 1. The zero-order valence-electron chi connectivity index (χ0n) is 19.4. The summed E-state index contributed by atoms with van der Waals surface area (Å²) in [6.45, 7) is 7.94. The number of imidazole rings is 1. The third kappa shape index (κ3) is 4.48. The lowest BCUT2D eigenvalue weighted by atomic mass is 9.98. The van der Waals surface area contributed by atoms with Gasteiger partial charge in [0.25, 0.3) is 0 Å². The number of carbonyl (C=O) groups is 1. The van der Waals surface area contributed by atoms with Gasteiger partial charge < -0.3 is 19.9 Å². The normalized spacial score (nSPS) is 32.0. The van der Waals surface area contributed by atoms with Gasteiger partial charge in [-0.25, -0.2) is 19.0 Å². The molecule has 15 heteroatoms. The SMILES string of the molecule is CCOc1nc(N)nc2c1ncn2[C@@H]1O[C@@H]2CO[P@@](=O)(N[C@@H](C)C(=O)OC(C)C)O[C@H]2[C@@]1(C)F. The predicted octanol–water partition coefficient (Wildman–Crippen LogP) is 1.89. The summed E-state index contributed by atoms with van der Waals surface area (Å²) in [7, 11) is -4.05. The van der Waals surface area contributed by atoms with Crippen molar-refractivity contribution >= 4 is 30.8 Å². The molecular formula is C19H28FN6O7P. The fourth-order valence-electron chi connectivity index (χ4n) is 3.87. The highest BCUT2D eigenvalue weighted by Crippen LogP contribution is 2.57. The lowest BCUT2D eigenvalue weighted by molar-refractivity contribution is -0.149. The number of hydrogen-bond acceptors (Lipinski definition) is 11. The minimum atomic E-state index is -4.05. The smallest absolute Gasteiger partial charge is 0.406 e. The van der Waals surface area contributed by atoms with E-state index >= 15 is 4.39 Å². The highest BCUT2D eigenvalue weighted by molar-refractivity contribution is 7.51. The molecule has 0 radical (unpaired) electrons. The molecule has 0 bridgehead atoms. The lowest BCUT2D eigenvalue weighted by Crippen LogP contribution is -2.47. The quantitative estimate of drug-likeness (QED) is 0.418. The number of esters is 1. The van der Waals surface area contributed by atoms with Crippen LogP contribution >= 0.6 is 7.75 Å². The average molecular weight is 502 g/mol. The van der Waals surface area contributed by atoms with E-state index in [1.54, 1.807) is 20.8 Å². The maximum atomic E-state index is 16.2. The predicted molar refractivity (Wildman–Crippen MR) is 117 cm³/mol. The summed E-state index contributed by atoms with van der Waals surface area (Å²) in [5.41, 5.74) is 4.10. The number of nitrogen functional groups attached to an aromatic ring is 1. The van der Waals surface area contributed by atoms with E-state index in [4.69, 9.17) is 29.0 Å². The molecule has 0 spiro atoms. The molecule has 4 rings (SSSR count). The van der Waals surface area contributed by atoms with E-state index in [-0.39, 0.29) is 35.7 Å². The van der Waals surface area contributed by atoms with E-state index in [1.165, 1.54) is 24.7 Å². The number of hydrogen-bond donors (Lipinski definition) is 2. The van der Waals surface area contributed by atoms with Gasteiger partial charge in [0.1, 0.15) is 18.2 Å². The minimum absolute atomic E-state index is 0.0794. The Hall–Kier alpha value is -2.38. The number of fused-ring (bicyclic) bond motifs is 2. The standard InChI is InChI=1S/C19H28FN6O7P/c1-6-29-15-12-14(23-18(21)24-15)26(8-22-12)17-19(5,20)13-11(32-17)7-30-34(28,33-13)25-10(4)16(27)31-9(2)3/h8-11,13,17H,6-7H2,1-5H3,(H,25,28)(H2,21,23,24)/t10-,11+,13+,17+,19+,34-/m0/s1. The molecule has 2 aliphatic rings. The third-order valence-corrected chi connectivity index (χ3v) is 7.04. The number of anilines is 1. The molecule has 0 aromatic carbocycles. The number of halogens is 1. The van der Waals surface area contributed by atoms with Crippen molar-refractivity contribution in [2.45, 2.75) is 70.9 Å². The largest absolute Gasteiger partial charge is 0.476 e. The first-order chi connectivity index (χ1) is 15.9. The van der Waals surface area contributed by atoms with E-state index in [2.05, 4.69) is 20.0 Å². The molecule has 2 aromatic heterocycles. The van der Waals surface area contributed by atoms with Crippen LogP contribution < -0.4 is 15.6 Å². The lowest BCUT2D eigenvalue weighted by Gasteiger charge is -2.35. The van der Waals surface area contributed by atoms with Crippen molar-refractivity contribution in [3.63, 3.8) is 0 Å². The molecule has 6 atom stereocenters. The van der Waals surface area contributed by atoms with Gasteiger partial charge >= 0.3 is 13.7 Å². The molecule has 4 heterocycles. The summed E-state index contributed by atoms with van der Waals surface area (Å²) < 4.78 is 58.1. The van der Waals surface area contributed by atoms with Crippen molar-refractivity contribution in [2.24, 2.45) is 0 Å². The molecule has 0 unspecified atom stereocenters. The molecule has 0 aliphatic carbocycles. The number of nitrogens with two attached hydrogens (primary N) is 1. The third-order valence-electron chi connectivity index (χ3n) is 5.34. The molecule has 3 N–H and O–H groups in total. The molecule has 0 saturated carbocycles. The molecule has 2 fully saturated rings. The second kappa shape index (κ2) is 9.00. The molecule has 0 amide bonds. The summed E-state index contributed by atoms with van der Waals surface area (Å²) in [5, 5.41) is 2.50. The monoisotopic (exact) mass is 502 g/mol. The van der Waals surface area contributed by atoms with Crippen molar-refractivity contribution < 1.29 is 37.0 Å². The van der Waals surface area contributed by atoms with Crippen LogP contribution in [0, 0.1) is 0 Å². The fourth-order valence-corrected chi connectivity index (χ4v) is 5.63. The van der Waals surface area contributed by atoms with Crippen molar-refractivity contribution in [2.75, 3.05) is 18.9 Å². The van der Waals surface area contributed by atoms with Gasteiger partial charge in [0.2, 0.25) is 11.8 Å².